The first kappa shape index (κ1) is 20.3. The van der Waals surface area contributed by atoms with Crippen molar-refractivity contribution in [1.29, 1.82) is 0 Å². The van der Waals surface area contributed by atoms with E-state index >= 15 is 0 Å². The van der Waals surface area contributed by atoms with Crippen molar-refractivity contribution in [2.24, 2.45) is 0 Å². The van der Waals surface area contributed by atoms with Crippen LogP contribution in [0.3, 0.4) is 0 Å². The molecule has 2 aromatic heterocycles. The number of amides is 1. The number of rotatable bonds is 7. The molecule has 148 valence electrons. The second kappa shape index (κ2) is 8.71. The third kappa shape index (κ3) is 4.51. The number of hydrogen-bond acceptors (Lipinski definition) is 4. The highest BCUT2D eigenvalue weighted by Gasteiger charge is 2.15. The molecule has 0 radical (unpaired) electrons. The van der Waals surface area contributed by atoms with Gasteiger partial charge in [-0.05, 0) is 51.6 Å². The molecule has 1 N–H and O–H groups in total. The molecule has 0 fully saturated rings. The van der Waals surface area contributed by atoms with Crippen LogP contribution in [0.5, 0.6) is 0 Å². The number of hydrogen-bond donors (Lipinski definition) is 1. The van der Waals surface area contributed by atoms with E-state index in [-0.39, 0.29) is 11.9 Å². The minimum atomic E-state index is -0.0988. The van der Waals surface area contributed by atoms with Crippen LogP contribution in [0.1, 0.15) is 40.4 Å². The van der Waals surface area contributed by atoms with Crippen LogP contribution in [-0.2, 0) is 11.2 Å². The van der Waals surface area contributed by atoms with Crippen molar-refractivity contribution in [2.75, 3.05) is 20.6 Å². The maximum atomic E-state index is 12.4. The maximum Gasteiger partial charge on any atom is 0.244 e. The van der Waals surface area contributed by atoms with Gasteiger partial charge in [0.1, 0.15) is 0 Å². The van der Waals surface area contributed by atoms with Gasteiger partial charge in [-0.15, -0.1) is 11.3 Å². The van der Waals surface area contributed by atoms with Gasteiger partial charge in [0.15, 0.2) is 4.96 Å². The van der Waals surface area contributed by atoms with Gasteiger partial charge in [0.2, 0.25) is 5.91 Å². The minimum Gasteiger partial charge on any atom is -0.351 e. The Kier molecular flexibility index (Phi) is 6.31. The van der Waals surface area contributed by atoms with Crippen molar-refractivity contribution in [3.63, 3.8) is 0 Å². The number of carbonyl (C=O) groups excluding carboxylic acids is 1. The zero-order chi connectivity index (χ0) is 20.3. The Labute approximate surface area is 170 Å². The third-order valence-electron chi connectivity index (χ3n) is 4.92. The van der Waals surface area contributed by atoms with Gasteiger partial charge in [-0.25, -0.2) is 4.98 Å². The van der Waals surface area contributed by atoms with E-state index in [1.807, 2.05) is 31.5 Å². The fraction of sp³-hybridized carbons (Fsp3) is 0.364. The van der Waals surface area contributed by atoms with Crippen molar-refractivity contribution in [2.45, 2.75) is 33.2 Å². The van der Waals surface area contributed by atoms with Crippen LogP contribution >= 0.6 is 11.3 Å². The van der Waals surface area contributed by atoms with E-state index in [4.69, 9.17) is 0 Å². The van der Waals surface area contributed by atoms with Crippen molar-refractivity contribution in [3.05, 3.63) is 63.9 Å². The lowest BCUT2D eigenvalue weighted by molar-refractivity contribution is -0.116. The predicted octanol–water partition coefficient (Wildman–Crippen LogP) is 4.01. The van der Waals surface area contributed by atoms with Crippen LogP contribution in [0, 0.1) is 13.8 Å². The number of carbonyl (C=O) groups is 1. The van der Waals surface area contributed by atoms with Crippen molar-refractivity contribution in [3.8, 4) is 0 Å². The Bertz CT molecular complexity index is 982. The van der Waals surface area contributed by atoms with E-state index < -0.39 is 0 Å². The van der Waals surface area contributed by atoms with E-state index in [0.717, 1.165) is 22.8 Å². The summed E-state index contributed by atoms with van der Waals surface area (Å²) in [5, 5.41) is 3.03. The Morgan fingerprint density at radius 1 is 1.29 bits per heavy atom. The summed E-state index contributed by atoms with van der Waals surface area (Å²) in [5.41, 5.74) is 4.40. The first-order valence-corrected chi connectivity index (χ1v) is 10.4. The quantitative estimate of drug-likeness (QED) is 0.614. The zero-order valence-corrected chi connectivity index (χ0v) is 18.0. The molecule has 5 nitrogen and oxygen atoms in total. The molecule has 0 unspecified atom stereocenters. The number of imidazole rings is 1. The highest BCUT2D eigenvalue weighted by molar-refractivity contribution is 7.17. The number of thiazole rings is 1. The van der Waals surface area contributed by atoms with Gasteiger partial charge >= 0.3 is 0 Å². The topological polar surface area (TPSA) is 49.6 Å². The van der Waals surface area contributed by atoms with Crippen LogP contribution in [0.4, 0.5) is 0 Å². The molecule has 2 heterocycles. The number of benzene rings is 1. The lowest BCUT2D eigenvalue weighted by Crippen LogP contribution is -2.33. The number of nitrogens with zero attached hydrogens (tertiary/aromatic N) is 3. The molecule has 0 aliphatic carbocycles. The Morgan fingerprint density at radius 3 is 2.64 bits per heavy atom. The third-order valence-corrected chi connectivity index (χ3v) is 5.82. The standard InChI is InChI=1S/C22H28N4OS/c1-6-17-7-9-18(10-8-17)20(25(4)5)13-23-21(27)12-11-19-16(3)24-22-26(19)14-15(2)28-22/h7-12,14,20H,6,13H2,1-5H3,(H,23,27)/b12-11+/t20-/m0/s1. The fourth-order valence-corrected chi connectivity index (χ4v) is 4.14. The van der Waals surface area contributed by atoms with Crippen molar-refractivity contribution < 1.29 is 4.79 Å². The molecule has 1 amide bonds. The molecule has 0 saturated heterocycles. The molecule has 1 atom stereocenters. The Balaban J connectivity index is 1.67. The van der Waals surface area contributed by atoms with E-state index in [9.17, 15) is 4.79 Å². The summed E-state index contributed by atoms with van der Waals surface area (Å²) in [6.07, 6.45) is 6.52. The zero-order valence-electron chi connectivity index (χ0n) is 17.2. The number of fused-ring (bicyclic) bond motifs is 1. The summed E-state index contributed by atoms with van der Waals surface area (Å²) in [6, 6.07) is 8.74. The number of aryl methyl sites for hydroxylation is 3. The minimum absolute atomic E-state index is 0.0988. The second-order valence-electron chi connectivity index (χ2n) is 7.23. The highest BCUT2D eigenvalue weighted by atomic mass is 32.1. The second-order valence-corrected chi connectivity index (χ2v) is 8.44. The van der Waals surface area contributed by atoms with Gasteiger partial charge in [-0.1, -0.05) is 31.2 Å². The smallest absolute Gasteiger partial charge is 0.244 e. The summed E-state index contributed by atoms with van der Waals surface area (Å²) in [6.45, 7) is 6.73. The average Bonchev–Trinajstić information content (AvgIpc) is 3.15. The molecule has 0 aliphatic heterocycles. The molecule has 3 rings (SSSR count). The first-order valence-electron chi connectivity index (χ1n) is 9.55. The number of likely N-dealkylation sites (N-methyl/N-ethyl adjacent to an activating group) is 1. The molecule has 28 heavy (non-hydrogen) atoms. The highest BCUT2D eigenvalue weighted by Crippen LogP contribution is 2.22. The van der Waals surface area contributed by atoms with Crippen LogP contribution < -0.4 is 5.32 Å². The van der Waals surface area contributed by atoms with E-state index in [2.05, 4.69) is 59.5 Å². The molecule has 0 spiro atoms. The average molecular weight is 397 g/mol. The summed E-state index contributed by atoms with van der Waals surface area (Å²) in [4.78, 5) is 21.2. The largest absolute Gasteiger partial charge is 0.351 e. The van der Waals surface area contributed by atoms with Crippen LogP contribution in [0.2, 0.25) is 0 Å². The van der Waals surface area contributed by atoms with Gasteiger partial charge in [0, 0.05) is 23.7 Å². The van der Waals surface area contributed by atoms with Crippen LogP contribution in [0.15, 0.2) is 36.5 Å². The summed E-state index contributed by atoms with van der Waals surface area (Å²) >= 11 is 1.65. The van der Waals surface area contributed by atoms with E-state index in [1.54, 1.807) is 17.4 Å². The number of aromatic nitrogens is 2. The SMILES string of the molecule is CCc1ccc([C@H](CNC(=O)/C=C/c2c(C)nc3sc(C)cn23)N(C)C)cc1. The van der Waals surface area contributed by atoms with Crippen LogP contribution in [0.25, 0.3) is 11.0 Å². The Hall–Kier alpha value is -2.44. The van der Waals surface area contributed by atoms with Gasteiger partial charge in [-0.3, -0.25) is 9.20 Å². The molecule has 1 aromatic carbocycles. The van der Waals surface area contributed by atoms with Gasteiger partial charge in [0.25, 0.3) is 0 Å². The fourth-order valence-electron chi connectivity index (χ4n) is 3.27. The molecule has 0 saturated carbocycles. The van der Waals surface area contributed by atoms with Crippen LogP contribution in [-0.4, -0.2) is 40.8 Å². The lowest BCUT2D eigenvalue weighted by atomic mass is 10.0. The molecular formula is C22H28N4OS. The first-order chi connectivity index (χ1) is 13.4. The summed E-state index contributed by atoms with van der Waals surface area (Å²) < 4.78 is 2.04. The van der Waals surface area contributed by atoms with Gasteiger partial charge in [0.05, 0.1) is 17.4 Å². The monoisotopic (exact) mass is 396 g/mol. The molecule has 0 aliphatic rings. The van der Waals surface area contributed by atoms with E-state index in [0.29, 0.717) is 6.54 Å². The van der Waals surface area contributed by atoms with Gasteiger partial charge < -0.3 is 10.2 Å². The summed E-state index contributed by atoms with van der Waals surface area (Å²) in [5.74, 6) is -0.0988. The lowest BCUT2D eigenvalue weighted by Gasteiger charge is -2.25. The molecule has 3 aromatic rings. The molecular weight excluding hydrogens is 368 g/mol. The molecule has 0 bridgehead atoms. The summed E-state index contributed by atoms with van der Waals surface area (Å²) in [7, 11) is 4.07. The predicted molar refractivity (Wildman–Crippen MR) is 117 cm³/mol. The van der Waals surface area contributed by atoms with Gasteiger partial charge in [-0.2, -0.15) is 0 Å². The van der Waals surface area contributed by atoms with E-state index in [1.165, 1.54) is 16.0 Å². The maximum absolute atomic E-state index is 12.4. The van der Waals surface area contributed by atoms with Crippen molar-refractivity contribution >= 4 is 28.3 Å². The normalized spacial score (nSPS) is 12.9. The number of nitrogens with one attached hydrogen (secondary N) is 1. The Morgan fingerprint density at radius 2 is 2.00 bits per heavy atom. The molecule has 6 heteroatoms. The van der Waals surface area contributed by atoms with Crippen molar-refractivity contribution in [1.82, 2.24) is 19.6 Å².